The van der Waals surface area contributed by atoms with Crippen molar-refractivity contribution in [3.63, 3.8) is 0 Å². The van der Waals surface area contributed by atoms with Gasteiger partial charge in [0.1, 0.15) is 0 Å². The van der Waals surface area contributed by atoms with Crippen LogP contribution in [-0.4, -0.2) is 15.0 Å². The lowest BCUT2D eigenvalue weighted by molar-refractivity contribution is 0.871. The lowest BCUT2D eigenvalue weighted by Crippen LogP contribution is -2.05. The van der Waals surface area contributed by atoms with Crippen molar-refractivity contribution in [3.05, 3.63) is 182 Å². The van der Waals surface area contributed by atoms with Gasteiger partial charge in [-0.3, -0.25) is 15.0 Å². The van der Waals surface area contributed by atoms with Gasteiger partial charge < -0.3 is 0 Å². The normalized spacial score (nSPS) is 12.0. The molecule has 3 heterocycles. The van der Waals surface area contributed by atoms with Crippen molar-refractivity contribution in [1.29, 1.82) is 0 Å². The number of hydrogen-bond acceptors (Lipinski definition) is 3. The zero-order valence-corrected chi connectivity index (χ0v) is 27.8. The molecule has 0 saturated carbocycles. The molecule has 0 unspecified atom stereocenters. The average Bonchev–Trinajstić information content (AvgIpc) is 3.20. The van der Waals surface area contributed by atoms with Crippen LogP contribution in [0.5, 0.6) is 0 Å². The molecule has 238 valence electrons. The zero-order chi connectivity index (χ0) is 33.5. The molecule has 0 spiro atoms. The van der Waals surface area contributed by atoms with E-state index in [0.29, 0.717) is 14.7 Å². The van der Waals surface area contributed by atoms with Crippen molar-refractivity contribution in [2.75, 3.05) is 0 Å². The van der Waals surface area contributed by atoms with E-state index in [0.717, 1.165) is 66.1 Å². The molecule has 0 N–H and O–H groups in total. The van der Waals surface area contributed by atoms with E-state index in [1.54, 1.807) is 0 Å². The van der Waals surface area contributed by atoms with Crippen LogP contribution in [0, 0.1) is 0 Å². The highest BCUT2D eigenvalue weighted by atomic mass is 32.3. The third-order valence-corrected chi connectivity index (χ3v) is 12.2. The Kier molecular flexibility index (Phi) is 7.41. The summed E-state index contributed by atoms with van der Waals surface area (Å²) in [5.74, 6) is 0. The van der Waals surface area contributed by atoms with E-state index in [1.807, 2.05) is 146 Å². The minimum Gasteiger partial charge on any atom is -0.256 e. The molecular formula is C45H30FN3S. The molecule has 0 amide bonds. The molecule has 3 nitrogen and oxygen atoms in total. The second-order valence-electron chi connectivity index (χ2n) is 12.2. The number of nitrogens with zero attached hydrogens (tertiary/aromatic N) is 3. The Hall–Kier alpha value is -6.17. The third kappa shape index (κ3) is 4.86. The van der Waals surface area contributed by atoms with E-state index in [-0.39, 0.29) is 0 Å². The summed E-state index contributed by atoms with van der Waals surface area (Å²) < 4.78 is 20.0. The quantitative estimate of drug-likeness (QED) is 0.178. The molecule has 50 heavy (non-hydrogen) atoms. The standard InChI is InChI=1S/C45H30FN3S/c46-50(40-22-10-7-19-37(40)43-34-16-4-1-13-31(34)25-28-47-43,41-23-11-8-20-38(41)44-35-17-5-2-14-32(35)26-29-48-44)42-24-12-9-21-39(42)45-36-18-6-3-15-33(36)27-30-49-45/h1-30H. The van der Waals surface area contributed by atoms with E-state index in [2.05, 4.69) is 36.4 Å². The number of fused-ring (bicyclic) bond motifs is 3. The van der Waals surface area contributed by atoms with Crippen LogP contribution in [0.25, 0.3) is 66.1 Å². The van der Waals surface area contributed by atoms with Crippen LogP contribution in [-0.2, 0) is 0 Å². The van der Waals surface area contributed by atoms with Crippen LogP contribution in [0.15, 0.2) is 197 Å². The topological polar surface area (TPSA) is 38.7 Å². The summed E-state index contributed by atoms with van der Waals surface area (Å²) in [4.78, 5) is 16.4. The van der Waals surface area contributed by atoms with Gasteiger partial charge in [-0.05, 0) is 63.0 Å². The molecule has 0 saturated heterocycles. The van der Waals surface area contributed by atoms with Crippen LogP contribution < -0.4 is 0 Å². The summed E-state index contributed by atoms with van der Waals surface area (Å²) in [6.45, 7) is 0. The SMILES string of the molecule is FS(c1ccccc1-c1nccc2ccccc12)(c1ccccc1-c1nccc2ccccc12)c1ccccc1-c1nccc2ccccc12. The average molecular weight is 664 g/mol. The first kappa shape index (κ1) is 29.9. The van der Waals surface area contributed by atoms with Gasteiger partial charge in [-0.2, -0.15) is 3.89 Å². The Morgan fingerprint density at radius 1 is 0.320 bits per heavy atom. The largest absolute Gasteiger partial charge is 0.256 e. The smallest absolute Gasteiger partial charge is 0.0792 e. The fourth-order valence-electron chi connectivity index (χ4n) is 7.08. The Labute approximate surface area is 291 Å². The fourth-order valence-corrected chi connectivity index (χ4v) is 9.99. The van der Waals surface area contributed by atoms with Gasteiger partial charge in [0, 0.05) is 66.1 Å². The Morgan fingerprint density at radius 3 is 0.940 bits per heavy atom. The van der Waals surface area contributed by atoms with Gasteiger partial charge >= 0.3 is 0 Å². The summed E-state index contributed by atoms with van der Waals surface area (Å²) in [7, 11) is -3.54. The van der Waals surface area contributed by atoms with E-state index in [4.69, 9.17) is 15.0 Å². The summed E-state index contributed by atoms with van der Waals surface area (Å²) >= 11 is 0. The highest BCUT2D eigenvalue weighted by molar-refractivity contribution is 8.30. The minimum absolute atomic E-state index is 0.573. The highest BCUT2D eigenvalue weighted by Gasteiger charge is 2.38. The molecule has 9 aromatic rings. The van der Waals surface area contributed by atoms with Crippen molar-refractivity contribution in [2.45, 2.75) is 14.7 Å². The molecular weight excluding hydrogens is 634 g/mol. The third-order valence-electron chi connectivity index (χ3n) is 9.36. The van der Waals surface area contributed by atoms with Crippen LogP contribution in [0.3, 0.4) is 0 Å². The van der Waals surface area contributed by atoms with E-state index >= 15 is 3.89 Å². The van der Waals surface area contributed by atoms with Crippen molar-refractivity contribution >= 4 is 42.7 Å². The van der Waals surface area contributed by atoms with Crippen molar-refractivity contribution in [3.8, 4) is 33.8 Å². The lowest BCUT2D eigenvalue weighted by Gasteiger charge is -2.36. The van der Waals surface area contributed by atoms with Gasteiger partial charge in [-0.1, -0.05) is 127 Å². The second-order valence-corrected chi connectivity index (χ2v) is 14.6. The van der Waals surface area contributed by atoms with Gasteiger partial charge in [-0.15, -0.1) is 0 Å². The number of benzene rings is 6. The molecule has 9 rings (SSSR count). The number of rotatable bonds is 6. The van der Waals surface area contributed by atoms with Gasteiger partial charge in [0.05, 0.1) is 17.1 Å². The molecule has 0 bridgehead atoms. The van der Waals surface area contributed by atoms with Gasteiger partial charge in [0.25, 0.3) is 0 Å². The van der Waals surface area contributed by atoms with Crippen LogP contribution in [0.2, 0.25) is 0 Å². The van der Waals surface area contributed by atoms with Gasteiger partial charge in [0.2, 0.25) is 0 Å². The molecule has 0 aliphatic rings. The Balaban J connectivity index is 1.41. The summed E-state index contributed by atoms with van der Waals surface area (Å²) in [6, 6.07) is 54.0. The predicted octanol–water partition coefficient (Wildman–Crippen LogP) is 12.5. The molecule has 0 aliphatic carbocycles. The second kappa shape index (κ2) is 12.4. The van der Waals surface area contributed by atoms with Gasteiger partial charge in [-0.25, -0.2) is 0 Å². The summed E-state index contributed by atoms with van der Waals surface area (Å²) in [6.07, 6.45) is 5.43. The van der Waals surface area contributed by atoms with E-state index < -0.39 is 10.4 Å². The molecule has 0 radical (unpaired) electrons. The number of pyridine rings is 3. The predicted molar refractivity (Wildman–Crippen MR) is 205 cm³/mol. The monoisotopic (exact) mass is 663 g/mol. The summed E-state index contributed by atoms with van der Waals surface area (Å²) in [5, 5.41) is 6.05. The van der Waals surface area contributed by atoms with Crippen LogP contribution >= 0.6 is 10.4 Å². The Bertz CT molecular complexity index is 2400. The molecule has 6 aromatic carbocycles. The van der Waals surface area contributed by atoms with Gasteiger partial charge in [0.15, 0.2) is 0 Å². The van der Waals surface area contributed by atoms with Crippen LogP contribution in [0.4, 0.5) is 3.89 Å². The Morgan fingerprint density at radius 2 is 0.600 bits per heavy atom. The molecule has 0 atom stereocenters. The lowest BCUT2D eigenvalue weighted by atomic mass is 10.0. The zero-order valence-electron chi connectivity index (χ0n) is 26.9. The number of halogens is 1. The first-order valence-corrected chi connectivity index (χ1v) is 18.1. The molecule has 5 heteroatoms. The summed E-state index contributed by atoms with van der Waals surface area (Å²) in [5.41, 5.74) is 4.49. The fraction of sp³-hybridized carbons (Fsp3) is 0. The molecule has 3 aromatic heterocycles. The molecule has 0 fully saturated rings. The van der Waals surface area contributed by atoms with Crippen molar-refractivity contribution < 1.29 is 3.89 Å². The van der Waals surface area contributed by atoms with E-state index in [1.165, 1.54) is 0 Å². The maximum Gasteiger partial charge on any atom is 0.0792 e. The van der Waals surface area contributed by atoms with Crippen molar-refractivity contribution in [1.82, 2.24) is 15.0 Å². The first-order chi connectivity index (χ1) is 24.7. The van der Waals surface area contributed by atoms with E-state index in [9.17, 15) is 0 Å². The molecule has 0 aliphatic heterocycles. The van der Waals surface area contributed by atoms with Crippen LogP contribution in [0.1, 0.15) is 0 Å². The number of aromatic nitrogens is 3. The minimum atomic E-state index is -3.54. The maximum atomic E-state index is 20.0. The number of hydrogen-bond donors (Lipinski definition) is 0. The van der Waals surface area contributed by atoms with Crippen molar-refractivity contribution in [2.24, 2.45) is 0 Å². The highest BCUT2D eigenvalue weighted by Crippen LogP contribution is 2.74. The maximum absolute atomic E-state index is 20.0. The first-order valence-electron chi connectivity index (χ1n) is 16.5.